The fourth-order valence-corrected chi connectivity index (χ4v) is 3.98. The number of esters is 1. The number of fused-ring (bicyclic) bond motifs is 2. The van der Waals surface area contributed by atoms with Crippen LogP contribution in [0.25, 0.3) is 10.2 Å². The summed E-state index contributed by atoms with van der Waals surface area (Å²) >= 11 is 1.18. The van der Waals surface area contributed by atoms with Crippen molar-refractivity contribution in [3.05, 3.63) is 56.9 Å². The van der Waals surface area contributed by atoms with Crippen LogP contribution in [0, 0.1) is 10.1 Å². The molecule has 0 N–H and O–H groups in total. The zero-order valence-electron chi connectivity index (χ0n) is 15.7. The molecule has 0 radical (unpaired) electrons. The number of aromatic nitrogens is 1. The van der Waals surface area contributed by atoms with Crippen LogP contribution in [0.5, 0.6) is 11.5 Å². The Kier molecular flexibility index (Phi) is 5.19. The summed E-state index contributed by atoms with van der Waals surface area (Å²) in [6.07, 6.45) is 0. The topological polar surface area (TPSA) is 122 Å². The first-order valence-corrected chi connectivity index (χ1v) is 9.61. The van der Waals surface area contributed by atoms with Gasteiger partial charge in [-0.05, 0) is 6.07 Å². The normalized spacial score (nSPS) is 13.3. The number of amides is 1. The van der Waals surface area contributed by atoms with Crippen LogP contribution in [-0.2, 0) is 16.1 Å². The molecule has 0 unspecified atom stereocenters. The number of ether oxygens (including phenoxy) is 3. The highest BCUT2D eigenvalue weighted by atomic mass is 32.1. The van der Waals surface area contributed by atoms with Crippen LogP contribution >= 0.6 is 11.3 Å². The van der Waals surface area contributed by atoms with Crippen LogP contribution in [0.3, 0.4) is 0 Å². The maximum atomic E-state index is 12.7. The highest BCUT2D eigenvalue weighted by Gasteiger charge is 2.19. The number of rotatable bonds is 4. The lowest BCUT2D eigenvalue weighted by Crippen LogP contribution is -2.22. The summed E-state index contributed by atoms with van der Waals surface area (Å²) in [4.78, 5) is 39.4. The van der Waals surface area contributed by atoms with Crippen molar-refractivity contribution in [3.63, 3.8) is 0 Å². The number of thiazole rings is 1. The number of non-ortho nitro benzene ring substituents is 1. The van der Waals surface area contributed by atoms with Gasteiger partial charge in [-0.2, -0.15) is 4.99 Å². The molecule has 1 aromatic heterocycles. The van der Waals surface area contributed by atoms with Gasteiger partial charge in [0.15, 0.2) is 16.3 Å². The van der Waals surface area contributed by atoms with Gasteiger partial charge in [-0.1, -0.05) is 17.4 Å². The summed E-state index contributed by atoms with van der Waals surface area (Å²) < 4.78 is 18.2. The fourth-order valence-electron chi connectivity index (χ4n) is 2.94. The number of carbonyl (C=O) groups is 2. The lowest BCUT2D eigenvalue weighted by Gasteiger charge is -2.18. The molecule has 3 aromatic rings. The molecule has 0 saturated carbocycles. The molecule has 2 heterocycles. The number of nitrogens with zero attached hydrogens (tertiary/aromatic N) is 3. The maximum absolute atomic E-state index is 12.7. The second-order valence-corrected chi connectivity index (χ2v) is 7.24. The van der Waals surface area contributed by atoms with Gasteiger partial charge in [0.05, 0.1) is 22.2 Å². The van der Waals surface area contributed by atoms with Crippen molar-refractivity contribution in [2.45, 2.75) is 6.54 Å². The minimum absolute atomic E-state index is 0.0669. The molecular formula is C19H15N3O7S. The molecule has 0 aliphatic carbocycles. The molecule has 1 aliphatic heterocycles. The average molecular weight is 429 g/mol. The van der Waals surface area contributed by atoms with Gasteiger partial charge in [-0.25, -0.2) is 0 Å². The lowest BCUT2D eigenvalue weighted by atomic mass is 10.2. The number of carbonyl (C=O) groups excluding carboxylic acids is 2. The molecule has 0 bridgehead atoms. The Balaban J connectivity index is 1.85. The van der Waals surface area contributed by atoms with E-state index in [2.05, 4.69) is 4.99 Å². The number of hydrogen-bond acceptors (Lipinski definition) is 8. The maximum Gasteiger partial charge on any atom is 0.325 e. The van der Waals surface area contributed by atoms with E-state index in [9.17, 15) is 19.7 Å². The van der Waals surface area contributed by atoms with E-state index in [4.69, 9.17) is 14.2 Å². The van der Waals surface area contributed by atoms with E-state index in [1.54, 1.807) is 16.7 Å². The summed E-state index contributed by atoms with van der Waals surface area (Å²) in [6.45, 7) is 0.661. The van der Waals surface area contributed by atoms with Crippen LogP contribution in [0.15, 0.2) is 41.4 Å². The average Bonchev–Trinajstić information content (AvgIpc) is 3.07. The molecule has 0 atom stereocenters. The van der Waals surface area contributed by atoms with Gasteiger partial charge in [0.2, 0.25) is 0 Å². The number of nitro benzene ring substituents is 1. The van der Waals surface area contributed by atoms with Gasteiger partial charge in [0, 0.05) is 29.8 Å². The molecule has 10 nitrogen and oxygen atoms in total. The Bertz CT molecular complexity index is 1240. The van der Waals surface area contributed by atoms with Crippen LogP contribution in [0.1, 0.15) is 10.4 Å². The van der Waals surface area contributed by atoms with Crippen molar-refractivity contribution in [1.82, 2.24) is 4.57 Å². The summed E-state index contributed by atoms with van der Waals surface area (Å²) in [7, 11) is 1.27. The SMILES string of the molecule is COC(=O)Cn1c(=NC(=O)c2cccc([N+](=O)[O-])c2)sc2cc3c(cc21)OCCO3. The van der Waals surface area contributed by atoms with Crippen molar-refractivity contribution < 1.29 is 28.7 Å². The Hall–Kier alpha value is -3.73. The van der Waals surface area contributed by atoms with E-state index >= 15 is 0 Å². The van der Waals surface area contributed by atoms with Crippen molar-refractivity contribution in [2.24, 2.45) is 4.99 Å². The summed E-state index contributed by atoms with van der Waals surface area (Å²) in [5.74, 6) is -0.0894. The van der Waals surface area contributed by atoms with Crippen LogP contribution < -0.4 is 14.3 Å². The van der Waals surface area contributed by atoms with Gasteiger partial charge in [-0.15, -0.1) is 0 Å². The zero-order chi connectivity index (χ0) is 21.3. The lowest BCUT2D eigenvalue weighted by molar-refractivity contribution is -0.384. The van der Waals surface area contributed by atoms with Gasteiger partial charge in [-0.3, -0.25) is 19.7 Å². The quantitative estimate of drug-likeness (QED) is 0.354. The minimum atomic E-state index is -0.666. The third-order valence-corrected chi connectivity index (χ3v) is 5.40. The Labute approximate surface area is 173 Å². The van der Waals surface area contributed by atoms with Gasteiger partial charge in [0.1, 0.15) is 19.8 Å². The number of benzene rings is 2. The van der Waals surface area contributed by atoms with E-state index in [0.29, 0.717) is 30.2 Å². The highest BCUT2D eigenvalue weighted by Crippen LogP contribution is 2.35. The molecule has 4 rings (SSSR count). The Morgan fingerprint density at radius 1 is 1.23 bits per heavy atom. The first-order valence-electron chi connectivity index (χ1n) is 8.79. The minimum Gasteiger partial charge on any atom is -0.486 e. The predicted octanol–water partition coefficient (Wildman–Crippen LogP) is 2.30. The van der Waals surface area contributed by atoms with E-state index < -0.39 is 16.8 Å². The van der Waals surface area contributed by atoms with E-state index in [1.807, 2.05) is 0 Å². The standard InChI is InChI=1S/C19H15N3O7S/c1-27-17(23)10-21-13-8-14-15(29-6-5-28-14)9-16(13)30-19(21)20-18(24)11-3-2-4-12(7-11)22(25)26/h2-4,7-9H,5-6,10H2,1H3. The van der Waals surface area contributed by atoms with Crippen molar-refractivity contribution >= 4 is 39.1 Å². The fraction of sp³-hybridized carbons (Fsp3) is 0.211. The third kappa shape index (κ3) is 3.74. The molecular weight excluding hydrogens is 414 g/mol. The molecule has 30 heavy (non-hydrogen) atoms. The van der Waals surface area contributed by atoms with Crippen LogP contribution in [-0.4, -0.2) is 41.7 Å². The Morgan fingerprint density at radius 3 is 2.67 bits per heavy atom. The monoisotopic (exact) mass is 429 g/mol. The molecule has 0 fully saturated rings. The molecule has 0 saturated heterocycles. The van der Waals surface area contributed by atoms with E-state index in [0.717, 1.165) is 10.8 Å². The molecule has 0 spiro atoms. The molecule has 2 aromatic carbocycles. The third-order valence-electron chi connectivity index (χ3n) is 4.36. The van der Waals surface area contributed by atoms with Crippen LogP contribution in [0.2, 0.25) is 0 Å². The predicted molar refractivity (Wildman–Crippen MR) is 106 cm³/mol. The first kappa shape index (κ1) is 19.6. The number of methoxy groups -OCH3 is 1. The highest BCUT2D eigenvalue weighted by molar-refractivity contribution is 7.16. The smallest absolute Gasteiger partial charge is 0.325 e. The largest absolute Gasteiger partial charge is 0.486 e. The van der Waals surface area contributed by atoms with Gasteiger partial charge >= 0.3 is 5.97 Å². The number of nitro groups is 1. The summed E-state index contributed by atoms with van der Waals surface area (Å²) in [6, 6.07) is 8.79. The van der Waals surface area contributed by atoms with Crippen molar-refractivity contribution in [1.29, 1.82) is 0 Å². The van der Waals surface area contributed by atoms with Crippen LogP contribution in [0.4, 0.5) is 5.69 Å². The van der Waals surface area contributed by atoms with E-state index in [-0.39, 0.29) is 22.6 Å². The molecule has 154 valence electrons. The molecule has 1 aliphatic rings. The van der Waals surface area contributed by atoms with E-state index in [1.165, 1.54) is 36.6 Å². The summed E-state index contributed by atoms with van der Waals surface area (Å²) in [5, 5.41) is 11.0. The second-order valence-electron chi connectivity index (χ2n) is 6.23. The van der Waals surface area contributed by atoms with Gasteiger partial charge < -0.3 is 18.8 Å². The zero-order valence-corrected chi connectivity index (χ0v) is 16.5. The van der Waals surface area contributed by atoms with Crippen molar-refractivity contribution in [3.8, 4) is 11.5 Å². The molecule has 11 heteroatoms. The van der Waals surface area contributed by atoms with Gasteiger partial charge in [0.25, 0.3) is 11.6 Å². The Morgan fingerprint density at radius 2 is 1.97 bits per heavy atom. The first-order chi connectivity index (χ1) is 14.5. The summed E-state index contributed by atoms with van der Waals surface area (Å²) in [5.41, 5.74) is 0.481. The van der Waals surface area contributed by atoms with Crippen molar-refractivity contribution in [2.75, 3.05) is 20.3 Å². The second kappa shape index (κ2) is 7.95. The number of hydrogen-bond donors (Lipinski definition) is 0. The molecule has 1 amide bonds.